The second-order valence-electron chi connectivity index (χ2n) is 4.99. The molecule has 1 aromatic rings. The van der Waals surface area contributed by atoms with Crippen LogP contribution in [0.2, 0.25) is 0 Å². The van der Waals surface area contributed by atoms with Gasteiger partial charge in [0.1, 0.15) is 0 Å². The molecule has 0 atom stereocenters. The first-order valence-electron chi connectivity index (χ1n) is 6.29. The van der Waals surface area contributed by atoms with Crippen molar-refractivity contribution in [1.29, 1.82) is 0 Å². The van der Waals surface area contributed by atoms with Crippen molar-refractivity contribution in [3.63, 3.8) is 0 Å². The van der Waals surface area contributed by atoms with Gasteiger partial charge in [-0.15, -0.1) is 0 Å². The molecule has 0 aromatic carbocycles. The Morgan fingerprint density at radius 2 is 1.39 bits per heavy atom. The summed E-state index contributed by atoms with van der Waals surface area (Å²) in [6, 6.07) is 1.74. The van der Waals surface area contributed by atoms with Gasteiger partial charge in [0.15, 0.2) is 0 Å². The monoisotopic (exact) mass is 245 g/mol. The maximum atomic E-state index is 11.6. The summed E-state index contributed by atoms with van der Waals surface area (Å²) in [6.45, 7) is 0. The predicted octanol–water partition coefficient (Wildman–Crippen LogP) is 1.78. The van der Waals surface area contributed by atoms with Crippen LogP contribution in [0.4, 0.5) is 11.4 Å². The highest BCUT2D eigenvalue weighted by Crippen LogP contribution is 2.31. The van der Waals surface area contributed by atoms with Crippen LogP contribution in [-0.2, 0) is 9.59 Å². The molecule has 0 saturated heterocycles. The third-order valence-corrected chi connectivity index (χ3v) is 3.17. The minimum Gasteiger partial charge on any atom is -0.324 e. The fraction of sp³-hybridized carbons (Fsp3) is 0.462. The standard InChI is InChI=1S/C13H15N3O2/c17-12(8-1-2-8)15-10-5-11(7-14-6-10)16-13(18)9-3-4-9/h5-9H,1-4H2,(H,15,17)(H,16,18). The quantitative estimate of drug-likeness (QED) is 0.849. The van der Waals surface area contributed by atoms with Crippen LogP contribution in [0.25, 0.3) is 0 Å². The summed E-state index contributed by atoms with van der Waals surface area (Å²) in [7, 11) is 0. The van der Waals surface area contributed by atoms with E-state index in [1.165, 1.54) is 0 Å². The molecule has 18 heavy (non-hydrogen) atoms. The molecular formula is C13H15N3O2. The zero-order chi connectivity index (χ0) is 12.5. The molecule has 0 aliphatic heterocycles. The number of nitrogens with one attached hydrogen (secondary N) is 2. The Hall–Kier alpha value is -1.91. The molecule has 5 nitrogen and oxygen atoms in total. The molecule has 0 unspecified atom stereocenters. The van der Waals surface area contributed by atoms with E-state index in [2.05, 4.69) is 15.6 Å². The molecule has 1 heterocycles. The number of carbonyl (C=O) groups is 2. The van der Waals surface area contributed by atoms with Gasteiger partial charge in [-0.25, -0.2) is 0 Å². The summed E-state index contributed by atoms with van der Waals surface area (Å²) >= 11 is 0. The van der Waals surface area contributed by atoms with E-state index in [4.69, 9.17) is 0 Å². The lowest BCUT2D eigenvalue weighted by Crippen LogP contribution is -2.15. The highest BCUT2D eigenvalue weighted by molar-refractivity contribution is 5.96. The van der Waals surface area contributed by atoms with E-state index in [1.807, 2.05) is 0 Å². The van der Waals surface area contributed by atoms with Crippen LogP contribution < -0.4 is 10.6 Å². The first kappa shape index (κ1) is 11.2. The Kier molecular flexibility index (Phi) is 2.74. The molecule has 2 saturated carbocycles. The number of carbonyl (C=O) groups excluding carboxylic acids is 2. The van der Waals surface area contributed by atoms with E-state index in [1.54, 1.807) is 18.5 Å². The van der Waals surface area contributed by atoms with Crippen LogP contribution >= 0.6 is 0 Å². The van der Waals surface area contributed by atoms with Gasteiger partial charge in [0, 0.05) is 11.8 Å². The highest BCUT2D eigenvalue weighted by Gasteiger charge is 2.30. The van der Waals surface area contributed by atoms with Gasteiger partial charge in [-0.2, -0.15) is 0 Å². The normalized spacial score (nSPS) is 18.2. The van der Waals surface area contributed by atoms with Crippen molar-refractivity contribution in [3.05, 3.63) is 18.5 Å². The van der Waals surface area contributed by atoms with E-state index in [-0.39, 0.29) is 23.7 Å². The summed E-state index contributed by atoms with van der Waals surface area (Å²) in [5.41, 5.74) is 1.28. The molecule has 3 rings (SSSR count). The van der Waals surface area contributed by atoms with Gasteiger partial charge in [0.05, 0.1) is 23.8 Å². The van der Waals surface area contributed by atoms with Crippen LogP contribution in [0.1, 0.15) is 25.7 Å². The number of hydrogen-bond donors (Lipinski definition) is 2. The van der Waals surface area contributed by atoms with Gasteiger partial charge < -0.3 is 10.6 Å². The highest BCUT2D eigenvalue weighted by atomic mass is 16.2. The first-order valence-corrected chi connectivity index (χ1v) is 6.29. The molecule has 1 aromatic heterocycles. The van der Waals surface area contributed by atoms with Crippen LogP contribution in [0.15, 0.2) is 18.5 Å². The molecule has 5 heteroatoms. The van der Waals surface area contributed by atoms with E-state index in [0.717, 1.165) is 25.7 Å². The molecule has 2 fully saturated rings. The SMILES string of the molecule is O=C(Nc1cncc(NC(=O)C2CC2)c1)C1CC1. The number of pyridine rings is 1. The Morgan fingerprint density at radius 1 is 0.944 bits per heavy atom. The molecule has 2 amide bonds. The van der Waals surface area contributed by atoms with Gasteiger partial charge in [0.25, 0.3) is 0 Å². The average molecular weight is 245 g/mol. The van der Waals surface area contributed by atoms with Crippen molar-refractivity contribution < 1.29 is 9.59 Å². The second kappa shape index (κ2) is 4.40. The molecule has 0 radical (unpaired) electrons. The van der Waals surface area contributed by atoms with Gasteiger partial charge in [-0.05, 0) is 31.7 Å². The second-order valence-corrected chi connectivity index (χ2v) is 4.99. The maximum Gasteiger partial charge on any atom is 0.227 e. The summed E-state index contributed by atoms with van der Waals surface area (Å²) in [5.74, 6) is 0.411. The van der Waals surface area contributed by atoms with Crippen molar-refractivity contribution in [1.82, 2.24) is 4.98 Å². The molecule has 94 valence electrons. The lowest BCUT2D eigenvalue weighted by molar-refractivity contribution is -0.118. The first-order chi connectivity index (χ1) is 8.72. The number of hydrogen-bond acceptors (Lipinski definition) is 3. The van der Waals surface area contributed by atoms with Crippen molar-refractivity contribution >= 4 is 23.2 Å². The predicted molar refractivity (Wildman–Crippen MR) is 66.9 cm³/mol. The Morgan fingerprint density at radius 3 is 1.78 bits per heavy atom. The molecular weight excluding hydrogens is 230 g/mol. The zero-order valence-electron chi connectivity index (χ0n) is 9.98. The van der Waals surface area contributed by atoms with Crippen LogP contribution in [-0.4, -0.2) is 16.8 Å². The van der Waals surface area contributed by atoms with Crippen molar-refractivity contribution in [2.45, 2.75) is 25.7 Å². The molecule has 0 spiro atoms. The third-order valence-electron chi connectivity index (χ3n) is 3.17. The zero-order valence-corrected chi connectivity index (χ0v) is 9.98. The van der Waals surface area contributed by atoms with Crippen LogP contribution in [0.3, 0.4) is 0 Å². The topological polar surface area (TPSA) is 71.1 Å². The number of rotatable bonds is 4. The fourth-order valence-corrected chi connectivity index (χ4v) is 1.76. The van der Waals surface area contributed by atoms with E-state index < -0.39 is 0 Å². The minimum absolute atomic E-state index is 0.0440. The van der Waals surface area contributed by atoms with Gasteiger partial charge in [-0.1, -0.05) is 0 Å². The maximum absolute atomic E-state index is 11.6. The third kappa shape index (κ3) is 2.67. The molecule has 2 N–H and O–H groups in total. The number of amides is 2. The summed E-state index contributed by atoms with van der Waals surface area (Å²) in [6.07, 6.45) is 7.06. The lowest BCUT2D eigenvalue weighted by Gasteiger charge is -2.07. The van der Waals surface area contributed by atoms with Gasteiger partial charge in [-0.3, -0.25) is 14.6 Å². The summed E-state index contributed by atoms with van der Waals surface area (Å²) in [5, 5.41) is 5.62. The molecule has 2 aliphatic rings. The van der Waals surface area contributed by atoms with E-state index in [0.29, 0.717) is 11.4 Å². The van der Waals surface area contributed by atoms with Crippen molar-refractivity contribution in [2.75, 3.05) is 10.6 Å². The average Bonchev–Trinajstić information content (AvgIpc) is 3.19. The number of aromatic nitrogens is 1. The van der Waals surface area contributed by atoms with Gasteiger partial charge in [0.2, 0.25) is 11.8 Å². The van der Waals surface area contributed by atoms with Crippen molar-refractivity contribution in [2.24, 2.45) is 11.8 Å². The number of anilines is 2. The molecule has 2 aliphatic carbocycles. The van der Waals surface area contributed by atoms with Crippen LogP contribution in [0.5, 0.6) is 0 Å². The summed E-state index contributed by atoms with van der Waals surface area (Å²) in [4.78, 5) is 27.2. The molecule has 0 bridgehead atoms. The van der Waals surface area contributed by atoms with Crippen LogP contribution in [0, 0.1) is 11.8 Å². The van der Waals surface area contributed by atoms with Crippen molar-refractivity contribution in [3.8, 4) is 0 Å². The fourth-order valence-electron chi connectivity index (χ4n) is 1.76. The largest absolute Gasteiger partial charge is 0.324 e. The van der Waals surface area contributed by atoms with E-state index >= 15 is 0 Å². The number of nitrogens with zero attached hydrogens (tertiary/aromatic N) is 1. The van der Waals surface area contributed by atoms with E-state index in [9.17, 15) is 9.59 Å². The van der Waals surface area contributed by atoms with Gasteiger partial charge >= 0.3 is 0 Å². The smallest absolute Gasteiger partial charge is 0.227 e. The Balaban J connectivity index is 1.63. The lowest BCUT2D eigenvalue weighted by atomic mass is 10.3. The Bertz CT molecular complexity index is 452. The minimum atomic E-state index is 0.0440. The summed E-state index contributed by atoms with van der Waals surface area (Å²) < 4.78 is 0. The Labute approximate surface area is 105 Å².